The minimum absolute atomic E-state index is 0.544. The van der Waals surface area contributed by atoms with Gasteiger partial charge >= 0.3 is 0 Å². The molecule has 12 aromatic carbocycles. The molecule has 20 heteroatoms. The summed E-state index contributed by atoms with van der Waals surface area (Å²) in [5, 5.41) is 0. The fraction of sp³-hybridized carbons (Fsp3) is 0.274. The molecule has 3 aliphatic carbocycles. The first-order valence-corrected chi connectivity index (χ1v) is 47.3. The maximum atomic E-state index is 5.85. The molecule has 666 valence electrons. The van der Waals surface area contributed by atoms with Crippen LogP contribution >= 0.6 is 0 Å². The van der Waals surface area contributed by atoms with Crippen LogP contribution in [0.15, 0.2) is 285 Å². The lowest BCUT2D eigenvalue weighted by atomic mass is 9.89. The molecule has 0 amide bonds. The smallest absolute Gasteiger partial charge is 0.299 e. The van der Waals surface area contributed by atoms with Gasteiger partial charge in [-0.3, -0.25) is 0 Å². The van der Waals surface area contributed by atoms with Crippen LogP contribution in [0.1, 0.15) is 135 Å². The first-order chi connectivity index (χ1) is 65.1. The lowest BCUT2D eigenvalue weighted by Gasteiger charge is -2.21. The van der Waals surface area contributed by atoms with Gasteiger partial charge in [0.05, 0.1) is 48.3 Å². The van der Waals surface area contributed by atoms with Crippen molar-refractivity contribution in [1.82, 2.24) is 47.8 Å². The van der Waals surface area contributed by atoms with Crippen molar-refractivity contribution in [2.24, 2.45) is 47.1 Å². The summed E-state index contributed by atoms with van der Waals surface area (Å²) in [6.07, 6.45) is 26.4. The van der Waals surface area contributed by atoms with E-state index in [1.807, 2.05) is 36.4 Å². The number of rotatable bonds is 12. The van der Waals surface area contributed by atoms with Gasteiger partial charge in [0.1, 0.15) is 72.8 Å². The summed E-state index contributed by atoms with van der Waals surface area (Å²) < 4.78 is 52.8. The highest BCUT2D eigenvalue weighted by Crippen LogP contribution is 2.44. The average Bonchev–Trinajstić information content (AvgIpc) is 1.56. The van der Waals surface area contributed by atoms with Crippen molar-refractivity contribution in [1.29, 1.82) is 0 Å². The predicted octanol–water partition coefficient (Wildman–Crippen LogP) is 24.8. The van der Waals surface area contributed by atoms with Crippen LogP contribution in [0, 0.1) is 60.3 Å². The Morgan fingerprint density at radius 3 is 0.940 bits per heavy atom. The van der Waals surface area contributed by atoms with Crippen molar-refractivity contribution in [2.45, 2.75) is 157 Å². The maximum absolute atomic E-state index is 5.85. The van der Waals surface area contributed by atoms with Crippen molar-refractivity contribution in [2.75, 3.05) is 0 Å². The third kappa shape index (κ3) is 15.2. The molecule has 10 heterocycles. The quantitative estimate of drug-likeness (QED) is 0.107. The second kappa shape index (κ2) is 35.9. The van der Waals surface area contributed by atoms with E-state index in [9.17, 15) is 0 Å². The molecule has 3 fully saturated rings. The SMILES string of the molecule is Cc1ccc2ncoc2c1-c1n(-c2ccccc2)c2ccccc2[n+]1C.Cc1ccc2ncoc2c1-c1n(C2CCCCC2)c2ccccc2[n+]1C.Cc1ccc2ncoc2c1-c1n(CC2CCCC2)c2ccccc2[n+]1C.Cc1ccc2ncoc2c1-c1n(CC2CCCCC2)c2ccccc2[n+]1C.Cc1cccc(C)c1-n1c(-c2c(C)ccc3ncoc23)[n+](C)c2ccccc21. The minimum Gasteiger partial charge on any atom is -0.443 e. The normalized spacial score (nSPS) is 14.0. The second-order valence-electron chi connectivity index (χ2n) is 36.9. The molecule has 0 aliphatic heterocycles. The molecule has 10 aromatic heterocycles. The molecule has 0 saturated heterocycles. The van der Waals surface area contributed by atoms with Crippen LogP contribution < -0.4 is 22.8 Å². The van der Waals surface area contributed by atoms with E-state index in [2.05, 4.69) is 348 Å². The minimum atomic E-state index is 0.544. The molecule has 3 aliphatic rings. The number of aryl methyl sites for hydroxylation is 12. The Morgan fingerprint density at radius 1 is 0.263 bits per heavy atom. The van der Waals surface area contributed by atoms with Gasteiger partial charge in [-0.2, -0.15) is 9.13 Å². The number of hydrogen-bond donors (Lipinski definition) is 0. The zero-order valence-electron chi connectivity index (χ0n) is 78.1. The Bertz CT molecular complexity index is 8100. The van der Waals surface area contributed by atoms with Crippen molar-refractivity contribution in [3.63, 3.8) is 0 Å². The maximum Gasteiger partial charge on any atom is 0.299 e. The van der Waals surface area contributed by atoms with Crippen molar-refractivity contribution >= 4 is 111 Å². The summed E-state index contributed by atoms with van der Waals surface area (Å²) in [6.45, 7) is 17.2. The number of oxazole rings is 5. The van der Waals surface area contributed by atoms with Gasteiger partial charge in [0, 0.05) is 0 Å². The van der Waals surface area contributed by atoms with Crippen LogP contribution in [0.5, 0.6) is 0 Å². The highest BCUT2D eigenvalue weighted by molar-refractivity contribution is 5.97. The van der Waals surface area contributed by atoms with E-state index in [0.717, 1.165) is 131 Å². The Hall–Kier alpha value is -14.7. The van der Waals surface area contributed by atoms with Gasteiger partial charge in [-0.1, -0.05) is 166 Å². The van der Waals surface area contributed by atoms with Crippen molar-refractivity contribution < 1.29 is 44.9 Å². The first-order valence-electron chi connectivity index (χ1n) is 47.3. The Labute approximate surface area is 773 Å². The van der Waals surface area contributed by atoms with Crippen molar-refractivity contribution in [3.8, 4) is 68.3 Å². The zero-order valence-corrected chi connectivity index (χ0v) is 78.1. The van der Waals surface area contributed by atoms with Crippen LogP contribution in [0.25, 0.3) is 179 Å². The van der Waals surface area contributed by atoms with Crippen LogP contribution in [-0.4, -0.2) is 47.8 Å². The highest BCUT2D eigenvalue weighted by atomic mass is 16.3. The summed E-state index contributed by atoms with van der Waals surface area (Å²) in [7, 11) is 10.7. The summed E-state index contributed by atoms with van der Waals surface area (Å²) in [5.41, 5.74) is 37.7. The van der Waals surface area contributed by atoms with E-state index in [0.29, 0.717) is 6.04 Å². The van der Waals surface area contributed by atoms with Gasteiger partial charge in [0.15, 0.2) is 115 Å². The predicted molar refractivity (Wildman–Crippen MR) is 527 cm³/mol. The summed E-state index contributed by atoms with van der Waals surface area (Å²) in [6, 6.07) is 81.4. The van der Waals surface area contributed by atoms with E-state index < -0.39 is 0 Å². The van der Waals surface area contributed by atoms with Crippen LogP contribution in [0.3, 0.4) is 0 Å². The van der Waals surface area contributed by atoms with Gasteiger partial charge in [0.2, 0.25) is 0 Å². The molecule has 0 atom stereocenters. The van der Waals surface area contributed by atoms with Gasteiger partial charge < -0.3 is 22.1 Å². The van der Waals surface area contributed by atoms with Crippen molar-refractivity contribution in [3.05, 3.63) is 301 Å². The molecular formula is C113H114N15O5+5. The molecule has 3 saturated carbocycles. The Morgan fingerprint density at radius 2 is 0.549 bits per heavy atom. The fourth-order valence-corrected chi connectivity index (χ4v) is 22.1. The summed E-state index contributed by atoms with van der Waals surface area (Å²) in [4.78, 5) is 21.9. The lowest BCUT2D eigenvalue weighted by Crippen LogP contribution is -2.31. The lowest BCUT2D eigenvalue weighted by molar-refractivity contribution is -0.634. The monoisotopic (exact) mass is 1760 g/mol. The Balaban J connectivity index is 0.000000100. The van der Waals surface area contributed by atoms with E-state index in [4.69, 9.17) is 22.1 Å². The molecule has 22 aromatic rings. The molecule has 25 rings (SSSR count). The molecule has 0 radical (unpaired) electrons. The van der Waals surface area contributed by atoms with Crippen LogP contribution in [0.2, 0.25) is 0 Å². The number of benzene rings is 12. The number of imidazole rings is 5. The molecule has 133 heavy (non-hydrogen) atoms. The fourth-order valence-electron chi connectivity index (χ4n) is 22.1. The standard InChI is InChI=1S/C24H22N3O.C23H26N3O.2C22H24N3O.C22H18N3O/c1-15-12-13-18-23(28-14-25-18)21(15)24-26(4)19-10-5-6-11-20(19)27(24)22-16(2)8-7-9-17(22)3;1-16-12-13-18-22(27-15-24-18)21(16)23-25(2)19-10-6-7-11-20(19)26(23)14-17-8-4-3-5-9-17;1-15-11-12-17-21(26-14-23-17)20(15)22-24(2)18-9-5-6-10-19(18)25(22)13-16-7-3-4-8-16;2*1-15-12-13-17-21(26-14-23-17)20(15)22-24(2)18-10-6-7-11-19(18)25(22)16-8-4-3-5-9-16/h5-14H,1-4H3;6-7,10-13,15,17H,3-5,8-9,14H2,1-2H3;5-6,9-12,14,16H,3-4,7-8,13H2,1-2H3;6-7,10-14,16H,3-5,8-9H2,1-2H3;3-14H,1-2H3/q5*+1. The van der Waals surface area contributed by atoms with Gasteiger partial charge in [0.25, 0.3) is 29.1 Å². The largest absolute Gasteiger partial charge is 0.443 e. The molecule has 0 unspecified atom stereocenters. The Kier molecular flexibility index (Phi) is 23.0. The third-order valence-corrected chi connectivity index (χ3v) is 28.6. The average molecular weight is 1760 g/mol. The molecule has 0 spiro atoms. The number of aromatic nitrogens is 15. The third-order valence-electron chi connectivity index (χ3n) is 28.6. The highest BCUT2D eigenvalue weighted by Gasteiger charge is 2.39. The second-order valence-corrected chi connectivity index (χ2v) is 36.9. The number of hydrogen-bond acceptors (Lipinski definition) is 10. The van der Waals surface area contributed by atoms with E-state index in [1.54, 1.807) is 19.2 Å². The van der Waals surface area contributed by atoms with E-state index >= 15 is 0 Å². The number of nitrogens with zero attached hydrogens (tertiary/aromatic N) is 15. The summed E-state index contributed by atoms with van der Waals surface area (Å²) >= 11 is 0. The van der Waals surface area contributed by atoms with Crippen LogP contribution in [-0.2, 0) is 48.3 Å². The number of para-hydroxylation sites is 12. The van der Waals surface area contributed by atoms with Gasteiger partial charge in [-0.15, -0.1) is 0 Å². The van der Waals surface area contributed by atoms with Gasteiger partial charge in [-0.05, 0) is 254 Å². The number of fused-ring (bicyclic) bond motifs is 10. The topological polar surface area (TPSA) is 174 Å². The first kappa shape index (κ1) is 85.1. The van der Waals surface area contributed by atoms with Gasteiger partial charge in [-0.25, -0.2) is 61.5 Å². The summed E-state index contributed by atoms with van der Waals surface area (Å²) in [5.74, 6) is 7.37. The molecular weight excluding hydrogens is 1650 g/mol. The zero-order chi connectivity index (χ0) is 90.8. The molecule has 20 nitrogen and oxygen atoms in total. The van der Waals surface area contributed by atoms with E-state index in [-0.39, 0.29) is 0 Å². The molecule has 0 N–H and O–H groups in total. The van der Waals surface area contributed by atoms with E-state index in [1.165, 1.54) is 214 Å². The van der Waals surface area contributed by atoms with Crippen LogP contribution in [0.4, 0.5) is 0 Å². The molecule has 0 bridgehead atoms.